The van der Waals surface area contributed by atoms with E-state index >= 15 is 0 Å². The molecule has 0 saturated carbocycles. The van der Waals surface area contributed by atoms with E-state index in [2.05, 4.69) is 0 Å². The number of hydrogen-bond acceptors (Lipinski definition) is 1. The van der Waals surface area contributed by atoms with Crippen LogP contribution in [-0.4, -0.2) is 12.4 Å². The summed E-state index contributed by atoms with van der Waals surface area (Å²) in [4.78, 5) is 0. The summed E-state index contributed by atoms with van der Waals surface area (Å²) in [5, 5.41) is 0. The number of benzene rings is 1. The highest BCUT2D eigenvalue weighted by Gasteiger charge is 2.59. The van der Waals surface area contributed by atoms with E-state index in [1.807, 2.05) is 13.8 Å². The topological polar surface area (TPSA) is 26.0 Å². The summed E-state index contributed by atoms with van der Waals surface area (Å²) in [6.45, 7) is 3.92. The second-order valence-electron chi connectivity index (χ2n) is 5.43. The van der Waals surface area contributed by atoms with E-state index in [1.54, 1.807) is 0 Å². The molecule has 0 aromatic heterocycles. The highest BCUT2D eigenvalue weighted by atomic mass is 19.4. The molecular weight excluding hydrogens is 296 g/mol. The van der Waals surface area contributed by atoms with Crippen LogP contribution >= 0.6 is 0 Å². The van der Waals surface area contributed by atoms with Gasteiger partial charge in [0.15, 0.2) is 5.92 Å². The van der Waals surface area contributed by atoms with E-state index in [0.717, 1.165) is 5.56 Å². The molecule has 120 valence electrons. The Hall–Kier alpha value is -1.24. The molecule has 0 saturated heterocycles. The van der Waals surface area contributed by atoms with Gasteiger partial charge in [-0.15, -0.1) is 0 Å². The molecule has 1 aromatic carbocycles. The second-order valence-corrected chi connectivity index (χ2v) is 5.43. The van der Waals surface area contributed by atoms with Crippen LogP contribution in [0.5, 0.6) is 0 Å². The Balaban J connectivity index is 3.02. The third-order valence-corrected chi connectivity index (χ3v) is 3.07. The molecule has 1 unspecified atom stereocenters. The van der Waals surface area contributed by atoms with Crippen molar-refractivity contribution in [3.63, 3.8) is 0 Å². The maximum atomic E-state index is 12.6. The first-order chi connectivity index (χ1) is 9.43. The van der Waals surface area contributed by atoms with Gasteiger partial charge >= 0.3 is 12.4 Å². The molecule has 2 N–H and O–H groups in total. The zero-order valence-electron chi connectivity index (χ0n) is 11.6. The van der Waals surface area contributed by atoms with Crippen molar-refractivity contribution >= 4 is 0 Å². The summed E-state index contributed by atoms with van der Waals surface area (Å²) in [5.74, 6) is -3.23. The Labute approximate surface area is 119 Å². The molecule has 0 spiro atoms. The lowest BCUT2D eigenvalue weighted by Crippen LogP contribution is -2.43. The average molecular weight is 313 g/mol. The molecule has 0 bridgehead atoms. The minimum Gasteiger partial charge on any atom is -0.323 e. The summed E-state index contributed by atoms with van der Waals surface area (Å²) >= 11 is 0. The van der Waals surface area contributed by atoms with Crippen LogP contribution in [0.2, 0.25) is 0 Å². The van der Waals surface area contributed by atoms with Gasteiger partial charge in [0.05, 0.1) is 6.04 Å². The smallest absolute Gasteiger partial charge is 0.323 e. The number of nitrogens with two attached hydrogens (primary N) is 1. The summed E-state index contributed by atoms with van der Waals surface area (Å²) in [6, 6.07) is 3.32. The van der Waals surface area contributed by atoms with Gasteiger partial charge in [0, 0.05) is 0 Å². The van der Waals surface area contributed by atoms with E-state index in [0.29, 0.717) is 12.3 Å². The lowest BCUT2D eigenvalue weighted by atomic mass is 9.91. The maximum Gasteiger partial charge on any atom is 0.402 e. The van der Waals surface area contributed by atoms with Crippen LogP contribution < -0.4 is 5.73 Å². The normalized spacial score (nSPS) is 14.8. The van der Waals surface area contributed by atoms with Gasteiger partial charge in [-0.1, -0.05) is 38.1 Å². The van der Waals surface area contributed by atoms with Crippen LogP contribution in [0.1, 0.15) is 31.0 Å². The van der Waals surface area contributed by atoms with Gasteiger partial charge in [0.2, 0.25) is 0 Å². The molecule has 1 aromatic rings. The minimum absolute atomic E-state index is 0.179. The van der Waals surface area contributed by atoms with Gasteiger partial charge in [-0.05, 0) is 23.5 Å². The molecule has 1 nitrogen and oxygen atoms in total. The molecule has 1 rings (SSSR count). The van der Waals surface area contributed by atoms with Crippen molar-refractivity contribution in [2.45, 2.75) is 38.7 Å². The van der Waals surface area contributed by atoms with Gasteiger partial charge in [0.1, 0.15) is 0 Å². The molecule has 0 heterocycles. The molecule has 0 aliphatic heterocycles. The van der Waals surface area contributed by atoms with Crippen LogP contribution in [0.15, 0.2) is 24.3 Å². The van der Waals surface area contributed by atoms with Crippen molar-refractivity contribution in [1.29, 1.82) is 0 Å². The quantitative estimate of drug-likeness (QED) is 0.806. The Morgan fingerprint density at radius 2 is 1.33 bits per heavy atom. The average Bonchev–Trinajstić information content (AvgIpc) is 2.24. The Kier molecular flexibility index (Phi) is 5.30. The van der Waals surface area contributed by atoms with Gasteiger partial charge in [-0.3, -0.25) is 0 Å². The maximum absolute atomic E-state index is 12.6. The van der Waals surface area contributed by atoms with Gasteiger partial charge < -0.3 is 5.73 Å². The number of hydrogen-bond donors (Lipinski definition) is 1. The number of alkyl halides is 6. The fraction of sp³-hybridized carbons (Fsp3) is 0.571. The second kappa shape index (κ2) is 6.25. The predicted molar refractivity (Wildman–Crippen MR) is 67.5 cm³/mol. The highest BCUT2D eigenvalue weighted by Crippen LogP contribution is 2.45. The lowest BCUT2D eigenvalue weighted by Gasteiger charge is -2.28. The van der Waals surface area contributed by atoms with E-state index < -0.39 is 24.3 Å². The first-order valence-electron chi connectivity index (χ1n) is 6.40. The van der Waals surface area contributed by atoms with Crippen LogP contribution in [0.4, 0.5) is 26.3 Å². The SMILES string of the molecule is CC(C)Cc1ccc(C(N)C(C(F)(F)F)C(F)(F)F)cc1. The standard InChI is InChI=1S/C14H17F6N/c1-8(2)7-9-3-5-10(6-4-9)11(21)12(13(15,16)17)14(18,19)20/h3-6,8,11-12H,7,21H2,1-2H3. The third-order valence-electron chi connectivity index (χ3n) is 3.07. The highest BCUT2D eigenvalue weighted by molar-refractivity contribution is 5.26. The largest absolute Gasteiger partial charge is 0.402 e. The van der Waals surface area contributed by atoms with Crippen LogP contribution in [-0.2, 0) is 6.42 Å². The van der Waals surface area contributed by atoms with Crippen molar-refractivity contribution in [2.24, 2.45) is 17.6 Å². The lowest BCUT2D eigenvalue weighted by molar-refractivity contribution is -0.290. The zero-order chi connectivity index (χ0) is 16.4. The van der Waals surface area contributed by atoms with E-state index in [-0.39, 0.29) is 5.56 Å². The van der Waals surface area contributed by atoms with E-state index in [9.17, 15) is 26.3 Å². The fourth-order valence-electron chi connectivity index (χ4n) is 2.13. The first-order valence-corrected chi connectivity index (χ1v) is 6.40. The molecule has 21 heavy (non-hydrogen) atoms. The predicted octanol–water partition coefficient (Wildman–Crippen LogP) is 4.63. The van der Waals surface area contributed by atoms with Crippen LogP contribution in [0, 0.1) is 11.8 Å². The molecule has 0 aliphatic carbocycles. The summed E-state index contributed by atoms with van der Waals surface area (Å²) in [5.41, 5.74) is 5.89. The van der Waals surface area contributed by atoms with Crippen molar-refractivity contribution in [1.82, 2.24) is 0 Å². The molecule has 0 aliphatic rings. The molecule has 0 fully saturated rings. The zero-order valence-corrected chi connectivity index (χ0v) is 11.6. The Morgan fingerprint density at radius 1 is 0.905 bits per heavy atom. The summed E-state index contributed by atoms with van der Waals surface area (Å²) in [6.07, 6.45) is -10.2. The van der Waals surface area contributed by atoms with Crippen molar-refractivity contribution in [3.8, 4) is 0 Å². The Morgan fingerprint density at radius 3 is 1.67 bits per heavy atom. The summed E-state index contributed by atoms with van der Waals surface area (Å²) in [7, 11) is 0. The minimum atomic E-state index is -5.44. The van der Waals surface area contributed by atoms with Gasteiger partial charge in [-0.25, -0.2) is 0 Å². The fourth-order valence-corrected chi connectivity index (χ4v) is 2.13. The van der Waals surface area contributed by atoms with Crippen molar-refractivity contribution < 1.29 is 26.3 Å². The van der Waals surface area contributed by atoms with Crippen molar-refractivity contribution in [3.05, 3.63) is 35.4 Å². The molecule has 7 heteroatoms. The number of rotatable bonds is 4. The monoisotopic (exact) mass is 313 g/mol. The van der Waals surface area contributed by atoms with E-state index in [1.165, 1.54) is 24.3 Å². The molecule has 0 radical (unpaired) electrons. The summed E-state index contributed by atoms with van der Waals surface area (Å²) < 4.78 is 75.6. The van der Waals surface area contributed by atoms with Gasteiger partial charge in [-0.2, -0.15) is 26.3 Å². The molecule has 0 amide bonds. The third kappa shape index (κ3) is 4.91. The number of halogens is 6. The molecule has 1 atom stereocenters. The van der Waals surface area contributed by atoms with Gasteiger partial charge in [0.25, 0.3) is 0 Å². The van der Waals surface area contributed by atoms with Crippen LogP contribution in [0.25, 0.3) is 0 Å². The Bertz CT molecular complexity index is 432. The molecular formula is C14H17F6N. The van der Waals surface area contributed by atoms with Crippen LogP contribution in [0.3, 0.4) is 0 Å². The first kappa shape index (κ1) is 17.8. The van der Waals surface area contributed by atoms with E-state index in [4.69, 9.17) is 5.73 Å². The van der Waals surface area contributed by atoms with Crippen molar-refractivity contribution in [2.75, 3.05) is 0 Å².